The maximum absolute atomic E-state index is 3.69. The first-order valence-corrected chi connectivity index (χ1v) is 7.17. The van der Waals surface area contributed by atoms with E-state index in [1.807, 2.05) is 0 Å². The minimum Gasteiger partial charge on any atom is -0.354 e. The third-order valence-corrected chi connectivity index (χ3v) is 4.16. The zero-order valence-electron chi connectivity index (χ0n) is 11.3. The van der Waals surface area contributed by atoms with Crippen molar-refractivity contribution >= 4 is 0 Å². The first-order chi connectivity index (χ1) is 8.29. The van der Waals surface area contributed by atoms with Crippen molar-refractivity contribution in [3.8, 4) is 0 Å². The van der Waals surface area contributed by atoms with Crippen molar-refractivity contribution < 1.29 is 0 Å². The Hall–Kier alpha value is -0.760. The summed E-state index contributed by atoms with van der Waals surface area (Å²) in [4.78, 5) is 0. The van der Waals surface area contributed by atoms with Gasteiger partial charge in [-0.15, -0.1) is 0 Å². The second-order valence-electron chi connectivity index (χ2n) is 5.42. The predicted molar refractivity (Wildman–Crippen MR) is 73.0 cm³/mol. The molecule has 0 spiro atoms. The Morgan fingerprint density at radius 1 is 1.35 bits per heavy atom. The highest BCUT2D eigenvalue weighted by atomic mass is 14.9. The van der Waals surface area contributed by atoms with Gasteiger partial charge in [0, 0.05) is 31.5 Å². The molecular formula is C15H26N2. The van der Waals surface area contributed by atoms with Gasteiger partial charge in [-0.3, -0.25) is 0 Å². The van der Waals surface area contributed by atoms with Crippen LogP contribution in [-0.4, -0.2) is 10.6 Å². The molecule has 1 atom stereocenters. The Kier molecular flexibility index (Phi) is 4.66. The van der Waals surface area contributed by atoms with Gasteiger partial charge < -0.3 is 9.88 Å². The third kappa shape index (κ3) is 3.60. The molecule has 1 saturated carbocycles. The molecule has 2 rings (SSSR count). The standard InChI is InChI=1S/C15H26N2/c1-3-17-10-9-14(12-17)11-16-13(2)15-7-5-4-6-8-15/h9-10,12-13,15-16H,3-8,11H2,1-2H3/t13-/m1/s1. The highest BCUT2D eigenvalue weighted by Gasteiger charge is 2.19. The third-order valence-electron chi connectivity index (χ3n) is 4.16. The molecule has 0 saturated heterocycles. The van der Waals surface area contributed by atoms with Crippen LogP contribution in [0.3, 0.4) is 0 Å². The van der Waals surface area contributed by atoms with Crippen LogP contribution >= 0.6 is 0 Å². The van der Waals surface area contributed by atoms with Crippen LogP contribution in [-0.2, 0) is 13.1 Å². The minimum atomic E-state index is 0.667. The molecule has 96 valence electrons. The molecule has 1 fully saturated rings. The summed E-state index contributed by atoms with van der Waals surface area (Å²) in [6.45, 7) is 6.62. The monoisotopic (exact) mass is 234 g/mol. The number of nitrogens with one attached hydrogen (secondary N) is 1. The van der Waals surface area contributed by atoms with Crippen molar-refractivity contribution in [1.29, 1.82) is 0 Å². The maximum Gasteiger partial charge on any atom is 0.0223 e. The van der Waals surface area contributed by atoms with Crippen molar-refractivity contribution in [2.75, 3.05) is 0 Å². The number of rotatable bonds is 5. The van der Waals surface area contributed by atoms with Gasteiger partial charge in [-0.2, -0.15) is 0 Å². The molecular weight excluding hydrogens is 208 g/mol. The van der Waals surface area contributed by atoms with Crippen LogP contribution in [0.1, 0.15) is 51.5 Å². The summed E-state index contributed by atoms with van der Waals surface area (Å²) in [5.41, 5.74) is 1.41. The minimum absolute atomic E-state index is 0.667. The highest BCUT2D eigenvalue weighted by molar-refractivity contribution is 5.10. The first kappa shape index (κ1) is 12.7. The molecule has 0 radical (unpaired) electrons. The maximum atomic E-state index is 3.69. The molecule has 2 nitrogen and oxygen atoms in total. The zero-order chi connectivity index (χ0) is 12.1. The first-order valence-electron chi connectivity index (χ1n) is 7.17. The summed E-state index contributed by atoms with van der Waals surface area (Å²) in [6, 6.07) is 2.89. The summed E-state index contributed by atoms with van der Waals surface area (Å²) < 4.78 is 2.24. The van der Waals surface area contributed by atoms with Crippen LogP contribution in [0.5, 0.6) is 0 Å². The lowest BCUT2D eigenvalue weighted by Gasteiger charge is -2.28. The molecule has 17 heavy (non-hydrogen) atoms. The second kappa shape index (κ2) is 6.25. The van der Waals surface area contributed by atoms with E-state index in [2.05, 4.69) is 42.2 Å². The fourth-order valence-corrected chi connectivity index (χ4v) is 2.87. The van der Waals surface area contributed by atoms with Crippen molar-refractivity contribution in [2.45, 2.75) is 65.1 Å². The van der Waals surface area contributed by atoms with E-state index in [4.69, 9.17) is 0 Å². The van der Waals surface area contributed by atoms with Crippen molar-refractivity contribution in [2.24, 2.45) is 5.92 Å². The Morgan fingerprint density at radius 2 is 2.12 bits per heavy atom. The van der Waals surface area contributed by atoms with E-state index in [1.54, 1.807) is 0 Å². The lowest BCUT2D eigenvalue weighted by molar-refractivity contribution is 0.280. The average molecular weight is 234 g/mol. The van der Waals surface area contributed by atoms with Crippen LogP contribution in [0.15, 0.2) is 18.5 Å². The zero-order valence-corrected chi connectivity index (χ0v) is 11.3. The van der Waals surface area contributed by atoms with Crippen LogP contribution < -0.4 is 5.32 Å². The van der Waals surface area contributed by atoms with E-state index in [9.17, 15) is 0 Å². The molecule has 1 N–H and O–H groups in total. The lowest BCUT2D eigenvalue weighted by Crippen LogP contribution is -2.34. The molecule has 0 bridgehead atoms. The molecule has 0 unspecified atom stereocenters. The topological polar surface area (TPSA) is 17.0 Å². The number of hydrogen-bond donors (Lipinski definition) is 1. The van der Waals surface area contributed by atoms with Gasteiger partial charge in [0.05, 0.1) is 0 Å². The van der Waals surface area contributed by atoms with E-state index >= 15 is 0 Å². The van der Waals surface area contributed by atoms with Gasteiger partial charge in [0.2, 0.25) is 0 Å². The fourth-order valence-electron chi connectivity index (χ4n) is 2.87. The van der Waals surface area contributed by atoms with Gasteiger partial charge in [-0.25, -0.2) is 0 Å². The Morgan fingerprint density at radius 3 is 2.76 bits per heavy atom. The quantitative estimate of drug-likeness (QED) is 0.824. The Bertz CT molecular complexity index is 323. The number of aryl methyl sites for hydroxylation is 1. The summed E-state index contributed by atoms with van der Waals surface area (Å²) >= 11 is 0. The van der Waals surface area contributed by atoms with Crippen molar-refractivity contribution in [3.63, 3.8) is 0 Å². The summed E-state index contributed by atoms with van der Waals surface area (Å²) in [6.07, 6.45) is 11.6. The van der Waals surface area contributed by atoms with E-state index in [0.717, 1.165) is 19.0 Å². The average Bonchev–Trinajstić information content (AvgIpc) is 2.85. The van der Waals surface area contributed by atoms with Crippen LogP contribution in [0, 0.1) is 5.92 Å². The van der Waals surface area contributed by atoms with Crippen LogP contribution in [0.25, 0.3) is 0 Å². The molecule has 0 amide bonds. The van der Waals surface area contributed by atoms with Gasteiger partial charge in [0.25, 0.3) is 0 Å². The van der Waals surface area contributed by atoms with Crippen LogP contribution in [0.4, 0.5) is 0 Å². The molecule has 1 heterocycles. The van der Waals surface area contributed by atoms with E-state index < -0.39 is 0 Å². The molecule has 2 heteroatoms. The lowest BCUT2D eigenvalue weighted by atomic mass is 9.84. The molecule has 1 aliphatic rings. The number of aromatic nitrogens is 1. The normalized spacial score (nSPS) is 19.4. The smallest absolute Gasteiger partial charge is 0.0223 e. The molecule has 0 aromatic carbocycles. The van der Waals surface area contributed by atoms with Gasteiger partial charge in [-0.1, -0.05) is 19.3 Å². The molecule has 0 aliphatic heterocycles. The van der Waals surface area contributed by atoms with Gasteiger partial charge in [-0.05, 0) is 44.2 Å². The fraction of sp³-hybridized carbons (Fsp3) is 0.733. The van der Waals surface area contributed by atoms with Crippen LogP contribution in [0.2, 0.25) is 0 Å². The number of nitrogens with zero attached hydrogens (tertiary/aromatic N) is 1. The highest BCUT2D eigenvalue weighted by Crippen LogP contribution is 2.26. The van der Waals surface area contributed by atoms with E-state index in [0.29, 0.717) is 6.04 Å². The van der Waals surface area contributed by atoms with Crippen molar-refractivity contribution in [1.82, 2.24) is 9.88 Å². The number of hydrogen-bond acceptors (Lipinski definition) is 1. The molecule has 1 aliphatic carbocycles. The van der Waals surface area contributed by atoms with E-state index in [-0.39, 0.29) is 0 Å². The summed E-state index contributed by atoms with van der Waals surface area (Å²) in [5, 5.41) is 3.69. The Labute approximate surface area is 105 Å². The molecule has 1 aromatic rings. The van der Waals surface area contributed by atoms with Gasteiger partial charge in [0.15, 0.2) is 0 Å². The van der Waals surface area contributed by atoms with Gasteiger partial charge in [0.1, 0.15) is 0 Å². The largest absolute Gasteiger partial charge is 0.354 e. The van der Waals surface area contributed by atoms with E-state index in [1.165, 1.54) is 37.7 Å². The van der Waals surface area contributed by atoms with Gasteiger partial charge >= 0.3 is 0 Å². The predicted octanol–water partition coefficient (Wildman–Crippen LogP) is 3.57. The van der Waals surface area contributed by atoms with Crippen molar-refractivity contribution in [3.05, 3.63) is 24.0 Å². The SMILES string of the molecule is CCn1ccc(CN[C@H](C)C2CCCCC2)c1. The summed E-state index contributed by atoms with van der Waals surface area (Å²) in [5.74, 6) is 0.900. The molecule has 1 aromatic heterocycles. The second-order valence-corrected chi connectivity index (χ2v) is 5.42. The Balaban J connectivity index is 1.76. The summed E-state index contributed by atoms with van der Waals surface area (Å²) in [7, 11) is 0.